The fourth-order valence-corrected chi connectivity index (χ4v) is 2.23. The summed E-state index contributed by atoms with van der Waals surface area (Å²) in [4.78, 5) is 13.0. The molecule has 1 rings (SSSR count). The van der Waals surface area contributed by atoms with Crippen LogP contribution in [-0.2, 0) is 4.79 Å². The molecular weight excluding hydrogens is 180 g/mol. The van der Waals surface area contributed by atoms with Gasteiger partial charge in [0.2, 0.25) is 0 Å². The molecule has 0 aromatic heterocycles. The van der Waals surface area contributed by atoms with Gasteiger partial charge in [-0.1, -0.05) is 12.8 Å². The van der Waals surface area contributed by atoms with Gasteiger partial charge >= 0.3 is 5.97 Å². The molecule has 0 radical (unpaired) electrons. The number of carboxylic acid groups (broad SMARTS) is 1. The molecule has 1 fully saturated rings. The first kappa shape index (κ1) is 11.5. The van der Waals surface area contributed by atoms with Crippen LogP contribution in [0.1, 0.15) is 32.1 Å². The van der Waals surface area contributed by atoms with E-state index in [1.165, 1.54) is 12.8 Å². The first-order chi connectivity index (χ1) is 6.66. The Balaban J connectivity index is 2.52. The van der Waals surface area contributed by atoms with Gasteiger partial charge < -0.3 is 10.8 Å². The summed E-state index contributed by atoms with van der Waals surface area (Å²) in [7, 11) is 1.91. The summed E-state index contributed by atoms with van der Waals surface area (Å²) in [6.07, 6.45) is 5.26. The van der Waals surface area contributed by atoms with Crippen molar-refractivity contribution in [3.63, 3.8) is 0 Å². The molecule has 1 atom stereocenters. The minimum Gasteiger partial charge on any atom is -0.480 e. The zero-order valence-corrected chi connectivity index (χ0v) is 8.78. The zero-order valence-electron chi connectivity index (χ0n) is 8.78. The van der Waals surface area contributed by atoms with Crippen LogP contribution in [0.3, 0.4) is 0 Å². The lowest BCUT2D eigenvalue weighted by molar-refractivity contribution is -0.143. The molecule has 1 saturated carbocycles. The van der Waals surface area contributed by atoms with Crippen molar-refractivity contribution in [3.8, 4) is 0 Å². The molecule has 0 saturated heterocycles. The van der Waals surface area contributed by atoms with Crippen LogP contribution in [0, 0.1) is 0 Å². The molecule has 14 heavy (non-hydrogen) atoms. The minimum atomic E-state index is -0.746. The molecule has 4 heteroatoms. The highest BCUT2D eigenvalue weighted by atomic mass is 16.4. The van der Waals surface area contributed by atoms with Crippen LogP contribution in [0.2, 0.25) is 0 Å². The van der Waals surface area contributed by atoms with E-state index < -0.39 is 12.0 Å². The van der Waals surface area contributed by atoms with Crippen molar-refractivity contribution < 1.29 is 9.90 Å². The predicted molar refractivity (Wildman–Crippen MR) is 55.1 cm³/mol. The molecule has 4 nitrogen and oxygen atoms in total. The van der Waals surface area contributed by atoms with E-state index in [0.29, 0.717) is 19.0 Å². The summed E-state index contributed by atoms with van der Waals surface area (Å²) >= 11 is 0. The largest absolute Gasteiger partial charge is 0.480 e. The second-order valence-corrected chi connectivity index (χ2v) is 4.04. The van der Waals surface area contributed by atoms with Crippen LogP contribution in [-0.4, -0.2) is 41.7 Å². The molecular formula is C10H20N2O2. The average Bonchev–Trinajstić information content (AvgIpc) is 2.65. The molecule has 1 aliphatic carbocycles. The van der Waals surface area contributed by atoms with Crippen molar-refractivity contribution in [1.29, 1.82) is 0 Å². The molecule has 1 unspecified atom stereocenters. The number of carboxylic acids is 1. The lowest BCUT2D eigenvalue weighted by atomic mass is 10.1. The highest BCUT2D eigenvalue weighted by Crippen LogP contribution is 2.24. The summed E-state index contributed by atoms with van der Waals surface area (Å²) in [6, 6.07) is 0.0470. The molecule has 0 aromatic rings. The Labute approximate surface area is 85.1 Å². The minimum absolute atomic E-state index is 0.400. The normalized spacial score (nSPS) is 20.2. The van der Waals surface area contributed by atoms with Gasteiger partial charge in [0.25, 0.3) is 0 Å². The van der Waals surface area contributed by atoms with Gasteiger partial charge in [0.15, 0.2) is 0 Å². The lowest BCUT2D eigenvalue weighted by Crippen LogP contribution is -2.44. The first-order valence-electron chi connectivity index (χ1n) is 5.31. The quantitative estimate of drug-likeness (QED) is 0.684. The lowest BCUT2D eigenvalue weighted by Gasteiger charge is -2.29. The van der Waals surface area contributed by atoms with E-state index in [9.17, 15) is 4.79 Å². The van der Waals surface area contributed by atoms with Gasteiger partial charge in [-0.15, -0.1) is 0 Å². The van der Waals surface area contributed by atoms with Crippen molar-refractivity contribution >= 4 is 5.97 Å². The van der Waals surface area contributed by atoms with Crippen molar-refractivity contribution in [2.75, 3.05) is 13.6 Å². The Bertz CT molecular complexity index is 191. The Morgan fingerprint density at radius 3 is 2.57 bits per heavy atom. The molecule has 1 aliphatic rings. The van der Waals surface area contributed by atoms with Crippen molar-refractivity contribution in [3.05, 3.63) is 0 Å². The van der Waals surface area contributed by atoms with E-state index in [-0.39, 0.29) is 0 Å². The fraction of sp³-hybridized carbons (Fsp3) is 0.900. The molecule has 0 heterocycles. The Morgan fingerprint density at radius 2 is 2.14 bits per heavy atom. The molecule has 3 N–H and O–H groups in total. The second kappa shape index (κ2) is 5.32. The number of rotatable bonds is 5. The third kappa shape index (κ3) is 2.69. The Morgan fingerprint density at radius 1 is 1.57 bits per heavy atom. The van der Waals surface area contributed by atoms with E-state index in [2.05, 4.69) is 0 Å². The van der Waals surface area contributed by atoms with Crippen LogP contribution >= 0.6 is 0 Å². The van der Waals surface area contributed by atoms with Crippen LogP contribution in [0.5, 0.6) is 0 Å². The van der Waals surface area contributed by atoms with Gasteiger partial charge in [0.05, 0.1) is 0 Å². The van der Waals surface area contributed by atoms with Gasteiger partial charge in [0.1, 0.15) is 6.04 Å². The first-order valence-corrected chi connectivity index (χ1v) is 5.31. The van der Waals surface area contributed by atoms with Crippen molar-refractivity contribution in [2.45, 2.75) is 44.2 Å². The van der Waals surface area contributed by atoms with Gasteiger partial charge in [-0.25, -0.2) is 0 Å². The number of likely N-dealkylation sites (N-methyl/N-ethyl adjacent to an activating group) is 1. The average molecular weight is 200 g/mol. The van der Waals surface area contributed by atoms with E-state index in [4.69, 9.17) is 10.8 Å². The Kier molecular flexibility index (Phi) is 4.35. The van der Waals surface area contributed by atoms with Gasteiger partial charge in [0, 0.05) is 6.04 Å². The number of hydrogen-bond donors (Lipinski definition) is 2. The number of nitrogens with zero attached hydrogens (tertiary/aromatic N) is 1. The third-order valence-corrected chi connectivity index (χ3v) is 3.12. The maximum Gasteiger partial charge on any atom is 0.320 e. The second-order valence-electron chi connectivity index (χ2n) is 4.04. The van der Waals surface area contributed by atoms with Crippen molar-refractivity contribution in [1.82, 2.24) is 4.90 Å². The standard InChI is InChI=1S/C10H20N2O2/c1-12(8-4-2-3-5-8)9(6-7-11)10(13)14/h8-9H,2-7,11H2,1H3,(H,13,14). The molecule has 82 valence electrons. The predicted octanol–water partition coefficient (Wildman–Crippen LogP) is 0.663. The van der Waals surface area contributed by atoms with Crippen LogP contribution in [0.15, 0.2) is 0 Å². The highest BCUT2D eigenvalue weighted by molar-refractivity contribution is 5.73. The molecule has 0 amide bonds. The molecule has 0 spiro atoms. The topological polar surface area (TPSA) is 66.6 Å². The monoisotopic (exact) mass is 200 g/mol. The van der Waals surface area contributed by atoms with Crippen LogP contribution in [0.25, 0.3) is 0 Å². The van der Waals surface area contributed by atoms with E-state index in [0.717, 1.165) is 12.8 Å². The number of hydrogen-bond acceptors (Lipinski definition) is 3. The van der Waals surface area contributed by atoms with Gasteiger partial charge in [-0.05, 0) is 32.9 Å². The van der Waals surface area contributed by atoms with E-state index in [1.807, 2.05) is 11.9 Å². The number of nitrogens with two attached hydrogens (primary N) is 1. The molecule has 0 bridgehead atoms. The summed E-state index contributed by atoms with van der Waals surface area (Å²) in [5, 5.41) is 9.04. The van der Waals surface area contributed by atoms with E-state index >= 15 is 0 Å². The molecule has 0 aliphatic heterocycles. The maximum atomic E-state index is 11.0. The zero-order chi connectivity index (χ0) is 10.6. The fourth-order valence-electron chi connectivity index (χ4n) is 2.23. The SMILES string of the molecule is CN(C1CCCC1)C(CCN)C(=O)O. The Hall–Kier alpha value is -0.610. The third-order valence-electron chi connectivity index (χ3n) is 3.12. The summed E-state index contributed by atoms with van der Waals surface area (Å²) in [5.41, 5.74) is 5.41. The van der Waals surface area contributed by atoms with E-state index in [1.54, 1.807) is 0 Å². The van der Waals surface area contributed by atoms with Crippen LogP contribution in [0.4, 0.5) is 0 Å². The van der Waals surface area contributed by atoms with Gasteiger partial charge in [-0.3, -0.25) is 9.69 Å². The highest BCUT2D eigenvalue weighted by Gasteiger charge is 2.29. The number of carbonyl (C=O) groups is 1. The summed E-state index contributed by atoms with van der Waals surface area (Å²) in [5.74, 6) is -0.746. The van der Waals surface area contributed by atoms with Crippen LogP contribution < -0.4 is 5.73 Å². The number of aliphatic carboxylic acids is 1. The van der Waals surface area contributed by atoms with Gasteiger partial charge in [-0.2, -0.15) is 0 Å². The summed E-state index contributed by atoms with van der Waals surface area (Å²) < 4.78 is 0. The summed E-state index contributed by atoms with van der Waals surface area (Å²) in [6.45, 7) is 0.439. The van der Waals surface area contributed by atoms with Crippen molar-refractivity contribution in [2.24, 2.45) is 5.73 Å². The maximum absolute atomic E-state index is 11.0. The smallest absolute Gasteiger partial charge is 0.320 e. The molecule has 0 aromatic carbocycles.